The predicted molar refractivity (Wildman–Crippen MR) is 67.2 cm³/mol. The third-order valence-electron chi connectivity index (χ3n) is 1.97. The zero-order chi connectivity index (χ0) is 11.5. The van der Waals surface area contributed by atoms with Crippen LogP contribution in [0.25, 0.3) is 0 Å². The van der Waals surface area contributed by atoms with Gasteiger partial charge in [0, 0.05) is 15.4 Å². The fourth-order valence-electron chi connectivity index (χ4n) is 1.21. The molecule has 0 fully saturated rings. The van der Waals surface area contributed by atoms with E-state index in [1.54, 1.807) is 0 Å². The molecule has 0 radical (unpaired) electrons. The lowest BCUT2D eigenvalue weighted by Gasteiger charge is -2.07. The molecule has 0 amide bonds. The summed E-state index contributed by atoms with van der Waals surface area (Å²) in [6.45, 7) is 0. The highest BCUT2D eigenvalue weighted by molar-refractivity contribution is 9.10. The van der Waals surface area contributed by atoms with Gasteiger partial charge in [-0.2, -0.15) is 0 Å². The van der Waals surface area contributed by atoms with Gasteiger partial charge in [0.2, 0.25) is 0 Å². The molecular weight excluding hydrogens is 288 g/mol. The molecule has 80 valence electrons. The zero-order valence-electron chi connectivity index (χ0n) is 8.14. The molecule has 0 heterocycles. The van der Waals surface area contributed by atoms with Crippen molar-refractivity contribution in [2.75, 3.05) is 0 Å². The first kappa shape index (κ1) is 11.4. The van der Waals surface area contributed by atoms with Crippen molar-refractivity contribution in [3.8, 4) is 0 Å². The van der Waals surface area contributed by atoms with E-state index in [0.717, 1.165) is 9.37 Å². The van der Waals surface area contributed by atoms with Gasteiger partial charge in [-0.05, 0) is 40.2 Å². The van der Waals surface area contributed by atoms with Crippen molar-refractivity contribution < 1.29 is 9.59 Å². The first-order valence-corrected chi connectivity index (χ1v) is 6.18. The third kappa shape index (κ3) is 2.51. The van der Waals surface area contributed by atoms with E-state index in [0.29, 0.717) is 4.91 Å². The molecule has 2 rings (SSSR count). The van der Waals surface area contributed by atoms with Crippen molar-refractivity contribution in [3.05, 3.63) is 51.9 Å². The van der Waals surface area contributed by atoms with Gasteiger partial charge in [0.05, 0.1) is 4.91 Å². The van der Waals surface area contributed by atoms with Gasteiger partial charge in [0.15, 0.2) is 11.6 Å². The molecule has 0 aliphatic heterocycles. The standard InChI is InChI=1S/C12H7BrO2S/c13-9-3-1-2-4-11(9)16-12-7-8(14)5-6-10(12)15/h1-7H. The van der Waals surface area contributed by atoms with E-state index < -0.39 is 0 Å². The molecule has 16 heavy (non-hydrogen) atoms. The number of thioether (sulfide) groups is 1. The minimum absolute atomic E-state index is 0.125. The fourth-order valence-corrected chi connectivity index (χ4v) is 2.63. The molecule has 1 aromatic rings. The van der Waals surface area contributed by atoms with Crippen molar-refractivity contribution >= 4 is 39.3 Å². The maximum atomic E-state index is 11.5. The lowest BCUT2D eigenvalue weighted by Crippen LogP contribution is -2.04. The lowest BCUT2D eigenvalue weighted by atomic mass is 10.2. The molecule has 0 N–H and O–H groups in total. The van der Waals surface area contributed by atoms with Crippen LogP contribution in [0.5, 0.6) is 0 Å². The molecule has 1 aliphatic rings. The third-order valence-corrected chi connectivity index (χ3v) is 4.04. The van der Waals surface area contributed by atoms with E-state index in [9.17, 15) is 9.59 Å². The molecule has 0 aromatic heterocycles. The highest BCUT2D eigenvalue weighted by Gasteiger charge is 2.15. The van der Waals surface area contributed by atoms with E-state index in [2.05, 4.69) is 15.9 Å². The van der Waals surface area contributed by atoms with Crippen LogP contribution in [-0.2, 0) is 9.59 Å². The van der Waals surface area contributed by atoms with Gasteiger partial charge in [-0.25, -0.2) is 0 Å². The smallest absolute Gasteiger partial charge is 0.192 e. The van der Waals surface area contributed by atoms with Crippen molar-refractivity contribution in [2.45, 2.75) is 4.90 Å². The topological polar surface area (TPSA) is 34.1 Å². The number of ketones is 2. The number of benzene rings is 1. The van der Waals surface area contributed by atoms with E-state index in [1.807, 2.05) is 24.3 Å². The summed E-state index contributed by atoms with van der Waals surface area (Å²) in [5.41, 5.74) is 0. The van der Waals surface area contributed by atoms with Gasteiger partial charge in [-0.1, -0.05) is 23.9 Å². The van der Waals surface area contributed by atoms with Gasteiger partial charge in [0.1, 0.15) is 0 Å². The summed E-state index contributed by atoms with van der Waals surface area (Å²) >= 11 is 4.69. The first-order chi connectivity index (χ1) is 7.66. The first-order valence-electron chi connectivity index (χ1n) is 4.57. The van der Waals surface area contributed by atoms with Crippen LogP contribution < -0.4 is 0 Å². The van der Waals surface area contributed by atoms with Crippen molar-refractivity contribution in [1.29, 1.82) is 0 Å². The molecule has 1 aliphatic carbocycles. The Kier molecular flexibility index (Phi) is 3.41. The van der Waals surface area contributed by atoms with Crippen LogP contribution in [0.1, 0.15) is 0 Å². The molecule has 4 heteroatoms. The van der Waals surface area contributed by atoms with Gasteiger partial charge >= 0.3 is 0 Å². The maximum Gasteiger partial charge on any atom is 0.192 e. The van der Waals surface area contributed by atoms with Crippen molar-refractivity contribution in [2.24, 2.45) is 0 Å². The predicted octanol–water partition coefficient (Wildman–Crippen LogP) is 3.13. The van der Waals surface area contributed by atoms with E-state index in [-0.39, 0.29) is 11.6 Å². The Bertz CT molecular complexity index is 518. The van der Waals surface area contributed by atoms with Crippen LogP contribution in [0.2, 0.25) is 0 Å². The summed E-state index contributed by atoms with van der Waals surface area (Å²) in [6.07, 6.45) is 3.96. The highest BCUT2D eigenvalue weighted by Crippen LogP contribution is 2.33. The lowest BCUT2D eigenvalue weighted by molar-refractivity contribution is -0.114. The molecule has 0 saturated heterocycles. The second-order valence-electron chi connectivity index (χ2n) is 3.14. The summed E-state index contributed by atoms with van der Waals surface area (Å²) in [5.74, 6) is -0.269. The summed E-state index contributed by atoms with van der Waals surface area (Å²) in [7, 11) is 0. The Morgan fingerprint density at radius 1 is 1.06 bits per heavy atom. The Hall–Kier alpha value is -1.13. The minimum Gasteiger partial charge on any atom is -0.290 e. The number of hydrogen-bond acceptors (Lipinski definition) is 3. The SMILES string of the molecule is O=C1C=CC(=O)C(Sc2ccccc2Br)=C1. The van der Waals surface area contributed by atoms with Crippen LogP contribution in [0, 0.1) is 0 Å². The van der Waals surface area contributed by atoms with Gasteiger partial charge < -0.3 is 0 Å². The van der Waals surface area contributed by atoms with Crippen LogP contribution in [0.15, 0.2) is 56.8 Å². The van der Waals surface area contributed by atoms with Crippen LogP contribution in [-0.4, -0.2) is 11.6 Å². The summed E-state index contributed by atoms with van der Waals surface area (Å²) < 4.78 is 0.913. The average molecular weight is 295 g/mol. The second kappa shape index (κ2) is 4.80. The monoisotopic (exact) mass is 294 g/mol. The molecule has 0 atom stereocenters. The second-order valence-corrected chi connectivity index (χ2v) is 5.08. The van der Waals surface area contributed by atoms with Crippen molar-refractivity contribution in [3.63, 3.8) is 0 Å². The largest absolute Gasteiger partial charge is 0.290 e. The molecule has 0 bridgehead atoms. The maximum absolute atomic E-state index is 11.5. The van der Waals surface area contributed by atoms with Crippen LogP contribution in [0.4, 0.5) is 0 Å². The number of carbonyl (C=O) groups excluding carboxylic acids is 2. The number of allylic oxidation sites excluding steroid dienone is 4. The Labute approximate surface area is 106 Å². The van der Waals surface area contributed by atoms with Gasteiger partial charge in [-0.15, -0.1) is 0 Å². The molecule has 0 unspecified atom stereocenters. The van der Waals surface area contributed by atoms with E-state index in [4.69, 9.17) is 0 Å². The Balaban J connectivity index is 2.26. The van der Waals surface area contributed by atoms with Crippen LogP contribution in [0.3, 0.4) is 0 Å². The van der Waals surface area contributed by atoms with Crippen molar-refractivity contribution in [1.82, 2.24) is 0 Å². The molecule has 0 saturated carbocycles. The van der Waals surface area contributed by atoms with E-state index >= 15 is 0 Å². The number of carbonyl (C=O) groups is 2. The molecule has 0 spiro atoms. The van der Waals surface area contributed by atoms with Crippen LogP contribution >= 0.6 is 27.7 Å². The fraction of sp³-hybridized carbons (Fsp3) is 0. The zero-order valence-corrected chi connectivity index (χ0v) is 10.5. The number of hydrogen-bond donors (Lipinski definition) is 0. The van der Waals surface area contributed by atoms with Gasteiger partial charge in [-0.3, -0.25) is 9.59 Å². The van der Waals surface area contributed by atoms with Gasteiger partial charge in [0.25, 0.3) is 0 Å². The van der Waals surface area contributed by atoms with E-state index in [1.165, 1.54) is 30.0 Å². The average Bonchev–Trinajstić information content (AvgIpc) is 2.27. The Morgan fingerprint density at radius 3 is 2.56 bits per heavy atom. The quantitative estimate of drug-likeness (QED) is 0.786. The molecule has 2 nitrogen and oxygen atoms in total. The molecular formula is C12H7BrO2S. The summed E-state index contributed by atoms with van der Waals surface area (Å²) in [6, 6.07) is 7.58. The number of rotatable bonds is 2. The highest BCUT2D eigenvalue weighted by atomic mass is 79.9. The minimum atomic E-state index is -0.144. The normalized spacial score (nSPS) is 15.2. The molecule has 1 aromatic carbocycles. The Morgan fingerprint density at radius 2 is 1.81 bits per heavy atom. The summed E-state index contributed by atoms with van der Waals surface area (Å²) in [4.78, 5) is 24.0. The summed E-state index contributed by atoms with van der Waals surface area (Å²) in [5, 5.41) is 0. The number of halogens is 1.